The molecule has 2 aromatic rings. The minimum atomic E-state index is -0.169. The third-order valence-electron chi connectivity index (χ3n) is 3.52. The number of nitrogens with one attached hydrogen (secondary N) is 2. The number of amides is 1. The fourth-order valence-corrected chi connectivity index (χ4v) is 2.40. The minimum absolute atomic E-state index is 0.0647. The van der Waals surface area contributed by atoms with E-state index in [-0.39, 0.29) is 31.6 Å². The highest BCUT2D eigenvalue weighted by Gasteiger charge is 2.16. The van der Waals surface area contributed by atoms with E-state index in [1.54, 1.807) is 10.9 Å². The largest absolute Gasteiger partial charge is 0.395 e. The summed E-state index contributed by atoms with van der Waals surface area (Å²) in [5.41, 5.74) is 2.10. The van der Waals surface area contributed by atoms with E-state index in [4.69, 9.17) is 5.11 Å². The first-order valence-corrected chi connectivity index (χ1v) is 7.81. The second-order valence-electron chi connectivity index (χ2n) is 5.78. The molecule has 0 spiro atoms. The maximum Gasteiger partial charge on any atom is 0.241 e. The second kappa shape index (κ2) is 8.33. The van der Waals surface area contributed by atoms with Gasteiger partial charge < -0.3 is 15.7 Å². The molecule has 1 aromatic heterocycles. The second-order valence-corrected chi connectivity index (χ2v) is 5.78. The van der Waals surface area contributed by atoms with Gasteiger partial charge in [0.2, 0.25) is 5.91 Å². The van der Waals surface area contributed by atoms with Crippen molar-refractivity contribution in [2.75, 3.05) is 18.5 Å². The van der Waals surface area contributed by atoms with E-state index >= 15 is 0 Å². The summed E-state index contributed by atoms with van der Waals surface area (Å²) < 4.78 is 1.58. The van der Waals surface area contributed by atoms with Gasteiger partial charge >= 0.3 is 0 Å². The number of aliphatic hydroxyl groups excluding tert-OH is 1. The first-order chi connectivity index (χ1) is 11.1. The SMILES string of the molecule is CC(C)C(Nc1cnn(CC(=O)NCCO)c1)c1ccccc1. The van der Waals surface area contributed by atoms with Crippen molar-refractivity contribution in [1.82, 2.24) is 15.1 Å². The minimum Gasteiger partial charge on any atom is -0.395 e. The highest BCUT2D eigenvalue weighted by Crippen LogP contribution is 2.26. The molecule has 0 bridgehead atoms. The van der Waals surface area contributed by atoms with Crippen LogP contribution in [0.5, 0.6) is 0 Å². The topological polar surface area (TPSA) is 79.2 Å². The van der Waals surface area contributed by atoms with Crippen LogP contribution in [0.3, 0.4) is 0 Å². The van der Waals surface area contributed by atoms with Crippen molar-refractivity contribution in [2.45, 2.75) is 26.4 Å². The smallest absolute Gasteiger partial charge is 0.241 e. The Bertz CT molecular complexity index is 610. The molecule has 0 aliphatic carbocycles. The summed E-state index contributed by atoms with van der Waals surface area (Å²) in [4.78, 5) is 11.6. The molecular weight excluding hydrogens is 292 g/mol. The van der Waals surface area contributed by atoms with Gasteiger partial charge in [0.1, 0.15) is 6.54 Å². The molecule has 3 N–H and O–H groups in total. The molecule has 0 radical (unpaired) electrons. The molecule has 124 valence electrons. The van der Waals surface area contributed by atoms with E-state index in [1.165, 1.54) is 5.56 Å². The average molecular weight is 316 g/mol. The van der Waals surface area contributed by atoms with Gasteiger partial charge in [0.15, 0.2) is 0 Å². The third-order valence-corrected chi connectivity index (χ3v) is 3.52. The lowest BCUT2D eigenvalue weighted by Crippen LogP contribution is -2.30. The van der Waals surface area contributed by atoms with Crippen LogP contribution in [0.1, 0.15) is 25.5 Å². The van der Waals surface area contributed by atoms with E-state index in [0.717, 1.165) is 5.69 Å². The molecule has 2 rings (SSSR count). The van der Waals surface area contributed by atoms with Crippen LogP contribution in [0.4, 0.5) is 5.69 Å². The summed E-state index contributed by atoms with van der Waals surface area (Å²) in [7, 11) is 0. The zero-order valence-electron chi connectivity index (χ0n) is 13.6. The normalized spacial score (nSPS) is 12.2. The monoisotopic (exact) mass is 316 g/mol. The van der Waals surface area contributed by atoms with E-state index in [9.17, 15) is 4.79 Å². The van der Waals surface area contributed by atoms with Gasteiger partial charge in [-0.15, -0.1) is 0 Å². The number of nitrogens with zero attached hydrogens (tertiary/aromatic N) is 2. The van der Waals surface area contributed by atoms with Crippen LogP contribution in [0.25, 0.3) is 0 Å². The molecule has 0 aliphatic rings. The Morgan fingerprint density at radius 2 is 2.04 bits per heavy atom. The summed E-state index contributed by atoms with van der Waals surface area (Å²) in [5.74, 6) is 0.241. The number of carbonyl (C=O) groups is 1. The first-order valence-electron chi connectivity index (χ1n) is 7.81. The number of hydrogen-bond donors (Lipinski definition) is 3. The molecule has 1 heterocycles. The Kier molecular flexibility index (Phi) is 6.17. The lowest BCUT2D eigenvalue weighted by Gasteiger charge is -2.23. The molecular formula is C17H24N4O2. The number of aromatic nitrogens is 2. The summed E-state index contributed by atoms with van der Waals surface area (Å²) in [6.07, 6.45) is 3.54. The van der Waals surface area contributed by atoms with Gasteiger partial charge in [0.05, 0.1) is 24.5 Å². The van der Waals surface area contributed by atoms with Gasteiger partial charge in [0, 0.05) is 12.7 Å². The van der Waals surface area contributed by atoms with Crippen LogP contribution in [-0.2, 0) is 11.3 Å². The molecule has 6 heteroatoms. The van der Waals surface area contributed by atoms with Gasteiger partial charge in [-0.25, -0.2) is 0 Å². The number of anilines is 1. The van der Waals surface area contributed by atoms with Gasteiger partial charge in [-0.05, 0) is 11.5 Å². The number of rotatable bonds is 8. The Morgan fingerprint density at radius 1 is 1.30 bits per heavy atom. The molecule has 0 aliphatic heterocycles. The maximum atomic E-state index is 11.6. The fraction of sp³-hybridized carbons (Fsp3) is 0.412. The van der Waals surface area contributed by atoms with Crippen LogP contribution in [0, 0.1) is 5.92 Å². The Hall–Kier alpha value is -2.34. The van der Waals surface area contributed by atoms with Crippen LogP contribution in [-0.4, -0.2) is 33.9 Å². The number of carbonyl (C=O) groups excluding carboxylic acids is 1. The highest BCUT2D eigenvalue weighted by molar-refractivity contribution is 5.75. The zero-order chi connectivity index (χ0) is 16.7. The van der Waals surface area contributed by atoms with E-state index < -0.39 is 0 Å². The summed E-state index contributed by atoms with van der Waals surface area (Å²) >= 11 is 0. The molecule has 0 saturated carbocycles. The van der Waals surface area contributed by atoms with E-state index in [0.29, 0.717) is 5.92 Å². The quantitative estimate of drug-likeness (QED) is 0.694. The average Bonchev–Trinajstić information content (AvgIpc) is 2.98. The van der Waals surface area contributed by atoms with Crippen molar-refractivity contribution in [3.05, 3.63) is 48.3 Å². The van der Waals surface area contributed by atoms with Crippen LogP contribution in [0.15, 0.2) is 42.7 Å². The van der Waals surface area contributed by atoms with Gasteiger partial charge in [-0.2, -0.15) is 5.10 Å². The van der Waals surface area contributed by atoms with Crippen molar-refractivity contribution < 1.29 is 9.90 Å². The van der Waals surface area contributed by atoms with Crippen molar-refractivity contribution >= 4 is 11.6 Å². The molecule has 6 nitrogen and oxygen atoms in total. The van der Waals surface area contributed by atoms with E-state index in [2.05, 4.69) is 41.7 Å². The van der Waals surface area contributed by atoms with Crippen LogP contribution in [0.2, 0.25) is 0 Å². The molecule has 0 fully saturated rings. The van der Waals surface area contributed by atoms with Crippen molar-refractivity contribution in [3.63, 3.8) is 0 Å². The van der Waals surface area contributed by atoms with Gasteiger partial charge in [-0.3, -0.25) is 9.48 Å². The summed E-state index contributed by atoms with van der Waals surface area (Å²) in [6, 6.07) is 10.4. The Balaban J connectivity index is 2.00. The predicted octanol–water partition coefficient (Wildman–Crippen LogP) is 1.80. The van der Waals surface area contributed by atoms with Crippen molar-refractivity contribution in [2.24, 2.45) is 5.92 Å². The molecule has 1 aromatic carbocycles. The van der Waals surface area contributed by atoms with Crippen molar-refractivity contribution in [1.29, 1.82) is 0 Å². The third kappa shape index (κ3) is 5.10. The van der Waals surface area contributed by atoms with Gasteiger partial charge in [0.25, 0.3) is 0 Å². The maximum absolute atomic E-state index is 11.6. The van der Waals surface area contributed by atoms with E-state index in [1.807, 2.05) is 24.4 Å². The summed E-state index contributed by atoms with van der Waals surface area (Å²) in [6.45, 7) is 4.66. The predicted molar refractivity (Wildman–Crippen MR) is 90.0 cm³/mol. The number of aliphatic hydroxyl groups is 1. The lowest BCUT2D eigenvalue weighted by atomic mass is 9.96. The number of hydrogen-bond acceptors (Lipinski definition) is 4. The molecule has 0 saturated heterocycles. The van der Waals surface area contributed by atoms with Crippen molar-refractivity contribution in [3.8, 4) is 0 Å². The Labute approximate surface area is 136 Å². The number of benzene rings is 1. The molecule has 1 atom stereocenters. The van der Waals surface area contributed by atoms with Gasteiger partial charge in [-0.1, -0.05) is 44.2 Å². The molecule has 23 heavy (non-hydrogen) atoms. The first kappa shape index (κ1) is 17.0. The lowest BCUT2D eigenvalue weighted by molar-refractivity contribution is -0.122. The standard InChI is InChI=1S/C17H24N4O2/c1-13(2)17(14-6-4-3-5-7-14)20-15-10-19-21(11-15)12-16(23)18-8-9-22/h3-7,10-11,13,17,20,22H,8-9,12H2,1-2H3,(H,18,23). The molecule has 1 unspecified atom stereocenters. The van der Waals surface area contributed by atoms with Crippen LogP contribution >= 0.6 is 0 Å². The Morgan fingerprint density at radius 3 is 2.70 bits per heavy atom. The highest BCUT2D eigenvalue weighted by atomic mass is 16.3. The molecule has 1 amide bonds. The van der Waals surface area contributed by atoms with Crippen LogP contribution < -0.4 is 10.6 Å². The fourth-order valence-electron chi connectivity index (χ4n) is 2.40. The summed E-state index contributed by atoms with van der Waals surface area (Å²) in [5, 5.41) is 19.0. The zero-order valence-corrected chi connectivity index (χ0v) is 13.6.